The lowest BCUT2D eigenvalue weighted by atomic mass is 9.95. The monoisotopic (exact) mass is 515 g/mol. The van der Waals surface area contributed by atoms with Crippen LogP contribution < -0.4 is 14.2 Å². The second-order valence-electron chi connectivity index (χ2n) is 9.04. The van der Waals surface area contributed by atoms with Crippen LogP contribution in [0.3, 0.4) is 0 Å². The van der Waals surface area contributed by atoms with Crippen LogP contribution in [0.4, 0.5) is 0 Å². The molecule has 8 nitrogen and oxygen atoms in total. The minimum atomic E-state index is -0.791. The number of carbonyl (C=O) groups excluding carboxylic acids is 2. The Morgan fingerprint density at radius 3 is 2.55 bits per heavy atom. The molecule has 1 N–H and O–H groups in total. The molecule has 5 rings (SSSR count). The average Bonchev–Trinajstić information content (AvgIpc) is 3.21. The molecule has 0 saturated carbocycles. The van der Waals surface area contributed by atoms with Crippen molar-refractivity contribution in [3.63, 3.8) is 0 Å². The molecule has 0 bridgehead atoms. The molecule has 1 amide bonds. The number of ketones is 1. The van der Waals surface area contributed by atoms with E-state index >= 15 is 0 Å². The lowest BCUT2D eigenvalue weighted by molar-refractivity contribution is -0.140. The van der Waals surface area contributed by atoms with Crippen molar-refractivity contribution in [3.05, 3.63) is 95.1 Å². The fraction of sp³-hybridized carbons (Fsp3) is 0.267. The number of methoxy groups -OCH3 is 1. The summed E-state index contributed by atoms with van der Waals surface area (Å²) in [6.07, 6.45) is 0.536. The maximum absolute atomic E-state index is 13.3. The number of rotatable bonds is 9. The fourth-order valence-corrected chi connectivity index (χ4v) is 4.70. The average molecular weight is 516 g/mol. The normalized spacial score (nSPS) is 18.0. The van der Waals surface area contributed by atoms with Crippen LogP contribution in [-0.2, 0) is 20.9 Å². The first kappa shape index (κ1) is 25.4. The maximum atomic E-state index is 13.3. The highest BCUT2D eigenvalue weighted by Crippen LogP contribution is 2.41. The molecule has 3 aromatic carbocycles. The molecule has 0 aromatic heterocycles. The van der Waals surface area contributed by atoms with E-state index in [1.54, 1.807) is 31.4 Å². The molecule has 8 heteroatoms. The van der Waals surface area contributed by atoms with Gasteiger partial charge in [0.15, 0.2) is 11.5 Å². The van der Waals surface area contributed by atoms with Crippen molar-refractivity contribution in [3.8, 4) is 17.2 Å². The van der Waals surface area contributed by atoms with Crippen LogP contribution in [0.5, 0.6) is 17.2 Å². The van der Waals surface area contributed by atoms with Crippen LogP contribution in [0.25, 0.3) is 5.76 Å². The molecule has 0 unspecified atom stereocenters. The second kappa shape index (κ2) is 11.4. The van der Waals surface area contributed by atoms with E-state index in [0.29, 0.717) is 61.2 Å². The van der Waals surface area contributed by atoms with Gasteiger partial charge in [-0.1, -0.05) is 42.5 Å². The summed E-state index contributed by atoms with van der Waals surface area (Å²) in [5.41, 5.74) is 2.06. The van der Waals surface area contributed by atoms with E-state index in [0.717, 1.165) is 5.56 Å². The zero-order chi connectivity index (χ0) is 26.5. The molecule has 1 atom stereocenters. The number of ether oxygens (including phenoxy) is 4. The third-order valence-corrected chi connectivity index (χ3v) is 6.53. The van der Waals surface area contributed by atoms with Crippen molar-refractivity contribution in [1.82, 2.24) is 4.90 Å². The summed E-state index contributed by atoms with van der Waals surface area (Å²) in [6.45, 7) is 1.91. The number of Topliss-reactive ketones (excluding diaryl/α,β-unsaturated/α-hetero) is 1. The Bertz CT molecular complexity index is 1350. The predicted molar refractivity (Wildman–Crippen MR) is 140 cm³/mol. The Labute approximate surface area is 221 Å². The van der Waals surface area contributed by atoms with Gasteiger partial charge in [-0.2, -0.15) is 0 Å². The van der Waals surface area contributed by atoms with Gasteiger partial charge in [0.05, 0.1) is 11.6 Å². The van der Waals surface area contributed by atoms with Gasteiger partial charge in [0.1, 0.15) is 31.3 Å². The van der Waals surface area contributed by atoms with E-state index in [1.807, 2.05) is 48.5 Å². The minimum Gasteiger partial charge on any atom is -0.507 e. The smallest absolute Gasteiger partial charge is 0.295 e. The van der Waals surface area contributed by atoms with Gasteiger partial charge in [0, 0.05) is 25.8 Å². The van der Waals surface area contributed by atoms with Gasteiger partial charge in [-0.25, -0.2) is 0 Å². The lowest BCUT2D eigenvalue weighted by Gasteiger charge is -2.26. The Balaban J connectivity index is 1.52. The van der Waals surface area contributed by atoms with Gasteiger partial charge < -0.3 is 29.0 Å². The molecule has 3 aromatic rings. The number of fused-ring (bicyclic) bond motifs is 1. The van der Waals surface area contributed by atoms with Crippen LogP contribution in [0.1, 0.15) is 29.2 Å². The van der Waals surface area contributed by atoms with Crippen LogP contribution in [0.2, 0.25) is 0 Å². The van der Waals surface area contributed by atoms with Crippen LogP contribution >= 0.6 is 0 Å². The summed E-state index contributed by atoms with van der Waals surface area (Å²) in [5, 5.41) is 11.4. The van der Waals surface area contributed by atoms with Crippen molar-refractivity contribution in [1.29, 1.82) is 0 Å². The number of aliphatic hydroxyl groups is 1. The first-order valence-electron chi connectivity index (χ1n) is 12.5. The molecule has 2 aliphatic heterocycles. The third kappa shape index (κ3) is 5.21. The Morgan fingerprint density at radius 1 is 0.974 bits per heavy atom. The molecule has 0 spiro atoms. The predicted octanol–water partition coefficient (Wildman–Crippen LogP) is 4.50. The van der Waals surface area contributed by atoms with Crippen molar-refractivity contribution in [2.75, 3.05) is 33.5 Å². The minimum absolute atomic E-state index is 0.0179. The fourth-order valence-electron chi connectivity index (χ4n) is 4.70. The number of hydrogen-bond donors (Lipinski definition) is 1. The first-order valence-corrected chi connectivity index (χ1v) is 12.5. The number of likely N-dealkylation sites (tertiary alicyclic amines) is 1. The number of hydrogen-bond acceptors (Lipinski definition) is 7. The van der Waals surface area contributed by atoms with Crippen molar-refractivity contribution >= 4 is 17.4 Å². The number of carbonyl (C=O) groups is 2. The van der Waals surface area contributed by atoms with Crippen LogP contribution in [0, 0.1) is 0 Å². The molecule has 1 saturated heterocycles. The maximum Gasteiger partial charge on any atom is 0.295 e. The van der Waals surface area contributed by atoms with E-state index in [2.05, 4.69) is 0 Å². The standard InChI is InChI=1S/C30H29NO7/c1-35-14-6-13-31-27(21-9-5-10-23(17-21)38-19-20-7-3-2-4-8-20)26(29(33)30(31)34)28(32)22-11-12-24-25(18-22)37-16-15-36-24/h2-5,7-12,17-18,27,32H,6,13-16,19H2,1H3/b28-26+/t27-/m0/s1. The molecular weight excluding hydrogens is 486 g/mol. The molecule has 2 aliphatic rings. The number of benzene rings is 3. The summed E-state index contributed by atoms with van der Waals surface area (Å²) in [4.78, 5) is 28.0. The highest BCUT2D eigenvalue weighted by Gasteiger charge is 2.46. The molecule has 38 heavy (non-hydrogen) atoms. The summed E-state index contributed by atoms with van der Waals surface area (Å²) in [5.74, 6) is -0.0466. The van der Waals surface area contributed by atoms with Gasteiger partial charge in [-0.05, 0) is 47.9 Å². The van der Waals surface area contributed by atoms with Crippen molar-refractivity contribution in [2.24, 2.45) is 0 Å². The van der Waals surface area contributed by atoms with Gasteiger partial charge in [-0.15, -0.1) is 0 Å². The summed E-state index contributed by atoms with van der Waals surface area (Å²) >= 11 is 0. The first-order chi connectivity index (χ1) is 18.6. The largest absolute Gasteiger partial charge is 0.507 e. The Hall–Kier alpha value is -4.30. The third-order valence-electron chi connectivity index (χ3n) is 6.53. The van der Waals surface area contributed by atoms with Crippen molar-refractivity contribution < 1.29 is 33.6 Å². The van der Waals surface area contributed by atoms with Crippen molar-refractivity contribution in [2.45, 2.75) is 19.1 Å². The van der Waals surface area contributed by atoms with Crippen LogP contribution in [-0.4, -0.2) is 55.2 Å². The van der Waals surface area contributed by atoms with E-state index < -0.39 is 17.7 Å². The van der Waals surface area contributed by atoms with Gasteiger partial charge >= 0.3 is 0 Å². The Kier molecular flexibility index (Phi) is 7.60. The zero-order valence-electron chi connectivity index (χ0n) is 21.1. The molecule has 0 radical (unpaired) electrons. The van der Waals surface area contributed by atoms with Gasteiger partial charge in [0.25, 0.3) is 11.7 Å². The van der Waals surface area contributed by atoms with Gasteiger partial charge in [-0.3, -0.25) is 9.59 Å². The lowest BCUT2D eigenvalue weighted by Crippen LogP contribution is -2.31. The second-order valence-corrected chi connectivity index (χ2v) is 9.04. The van der Waals surface area contributed by atoms with Gasteiger partial charge in [0.2, 0.25) is 0 Å². The molecular formula is C30H29NO7. The summed E-state index contributed by atoms with van der Waals surface area (Å²) in [7, 11) is 1.58. The molecule has 196 valence electrons. The number of amides is 1. The van der Waals surface area contributed by atoms with E-state index in [-0.39, 0.29) is 17.9 Å². The molecule has 2 heterocycles. The molecule has 0 aliphatic carbocycles. The number of aliphatic hydroxyl groups excluding tert-OH is 1. The summed E-state index contributed by atoms with van der Waals surface area (Å²) in [6, 6.07) is 21.2. The molecule has 1 fully saturated rings. The topological polar surface area (TPSA) is 94.5 Å². The summed E-state index contributed by atoms with van der Waals surface area (Å²) < 4.78 is 22.4. The zero-order valence-corrected chi connectivity index (χ0v) is 21.1. The SMILES string of the molecule is COCCCN1C(=O)C(=O)/C(=C(/O)c2ccc3c(c2)OCCO3)[C@@H]1c1cccc(OCc2ccccc2)c1. The highest BCUT2D eigenvalue weighted by molar-refractivity contribution is 6.46. The van der Waals surface area contributed by atoms with E-state index in [4.69, 9.17) is 18.9 Å². The Morgan fingerprint density at radius 2 is 1.76 bits per heavy atom. The quantitative estimate of drug-likeness (QED) is 0.194. The number of nitrogens with zero attached hydrogens (tertiary/aromatic N) is 1. The van der Waals surface area contributed by atoms with Crippen LogP contribution in [0.15, 0.2) is 78.4 Å². The van der Waals surface area contributed by atoms with E-state index in [1.165, 1.54) is 4.90 Å². The highest BCUT2D eigenvalue weighted by atomic mass is 16.6. The van der Waals surface area contributed by atoms with E-state index in [9.17, 15) is 14.7 Å².